The third-order valence-electron chi connectivity index (χ3n) is 5.22. The van der Waals surface area contributed by atoms with E-state index >= 15 is 0 Å². The summed E-state index contributed by atoms with van der Waals surface area (Å²) >= 11 is 6.83. The molecule has 1 atom stereocenters. The van der Waals surface area contributed by atoms with E-state index in [4.69, 9.17) is 21.4 Å². The molecule has 1 aliphatic rings. The topological polar surface area (TPSA) is 52.9 Å². The van der Waals surface area contributed by atoms with Crippen molar-refractivity contribution in [3.05, 3.63) is 47.0 Å². The minimum Gasteiger partial charge on any atom is -0.496 e. The number of ether oxygens (including phenoxy) is 1. The summed E-state index contributed by atoms with van der Waals surface area (Å²) in [6.07, 6.45) is 4.70. The highest BCUT2D eigenvalue weighted by molar-refractivity contribution is 6.36. The first kappa shape index (κ1) is 20.0. The molecule has 1 fully saturated rings. The first-order chi connectivity index (χ1) is 13.2. The second-order valence-electron chi connectivity index (χ2n) is 6.94. The minimum absolute atomic E-state index is 0.0838. The molecule has 5 heteroatoms. The molecule has 3 rings (SSSR count). The predicted octanol–water partition coefficient (Wildman–Crippen LogP) is 4.09. The van der Waals surface area contributed by atoms with Gasteiger partial charge >= 0.3 is 0 Å². The molecule has 0 bridgehead atoms. The Morgan fingerprint density at radius 3 is 2.81 bits per heavy atom. The van der Waals surface area contributed by atoms with Crippen LogP contribution in [0.2, 0.25) is 5.02 Å². The molecule has 1 heterocycles. The Morgan fingerprint density at radius 2 is 2.07 bits per heavy atom. The van der Waals surface area contributed by atoms with E-state index in [0.29, 0.717) is 5.02 Å². The van der Waals surface area contributed by atoms with Crippen molar-refractivity contribution in [2.45, 2.75) is 38.1 Å². The molecular formula is C22H27ClNO3. The summed E-state index contributed by atoms with van der Waals surface area (Å²) in [6, 6.07) is 13.3. The van der Waals surface area contributed by atoms with Gasteiger partial charge < -0.3 is 19.8 Å². The van der Waals surface area contributed by atoms with Crippen LogP contribution < -0.4 is 9.64 Å². The lowest BCUT2D eigenvalue weighted by Crippen LogP contribution is -2.42. The lowest BCUT2D eigenvalue weighted by Gasteiger charge is -2.37. The van der Waals surface area contributed by atoms with Gasteiger partial charge in [0.1, 0.15) is 5.75 Å². The van der Waals surface area contributed by atoms with Gasteiger partial charge in [-0.25, -0.2) is 0 Å². The largest absolute Gasteiger partial charge is 0.496 e. The Balaban J connectivity index is 2.02. The van der Waals surface area contributed by atoms with Crippen molar-refractivity contribution in [1.82, 2.24) is 0 Å². The van der Waals surface area contributed by atoms with Gasteiger partial charge in [-0.05, 0) is 49.8 Å². The van der Waals surface area contributed by atoms with E-state index in [2.05, 4.69) is 17.0 Å². The number of nitrogens with zero attached hydrogens (tertiary/aromatic N) is 1. The molecular weight excluding hydrogens is 362 g/mol. The fourth-order valence-corrected chi connectivity index (χ4v) is 4.10. The summed E-state index contributed by atoms with van der Waals surface area (Å²) in [5.74, 6) is 0.763. The highest BCUT2D eigenvalue weighted by atomic mass is 35.5. The van der Waals surface area contributed by atoms with Crippen LogP contribution in [0.5, 0.6) is 5.75 Å². The normalized spacial score (nSPS) is 17.2. The number of aliphatic hydroxyl groups is 2. The van der Waals surface area contributed by atoms with Crippen molar-refractivity contribution in [3.63, 3.8) is 0 Å². The number of benzene rings is 2. The van der Waals surface area contributed by atoms with Gasteiger partial charge in [-0.2, -0.15) is 0 Å². The van der Waals surface area contributed by atoms with Gasteiger partial charge in [0.2, 0.25) is 0 Å². The van der Waals surface area contributed by atoms with Crippen LogP contribution in [0.3, 0.4) is 0 Å². The molecule has 4 nitrogen and oxygen atoms in total. The lowest BCUT2D eigenvalue weighted by atomic mass is 9.97. The highest BCUT2D eigenvalue weighted by Crippen LogP contribution is 2.41. The van der Waals surface area contributed by atoms with Gasteiger partial charge in [0.05, 0.1) is 30.5 Å². The first-order valence-corrected chi connectivity index (χ1v) is 9.93. The number of methoxy groups -OCH3 is 1. The van der Waals surface area contributed by atoms with Gasteiger partial charge in [-0.3, -0.25) is 0 Å². The van der Waals surface area contributed by atoms with Gasteiger partial charge in [0, 0.05) is 30.3 Å². The summed E-state index contributed by atoms with van der Waals surface area (Å²) in [5.41, 5.74) is 3.81. The Morgan fingerprint density at radius 1 is 1.22 bits per heavy atom. The maximum Gasteiger partial charge on any atom is 0.126 e. The van der Waals surface area contributed by atoms with E-state index < -0.39 is 0 Å². The number of aryl methyl sites for hydroxylation is 1. The van der Waals surface area contributed by atoms with Gasteiger partial charge in [-0.1, -0.05) is 29.8 Å². The predicted molar refractivity (Wildman–Crippen MR) is 110 cm³/mol. The fourth-order valence-electron chi connectivity index (χ4n) is 3.77. The van der Waals surface area contributed by atoms with E-state index in [1.807, 2.05) is 24.3 Å². The zero-order valence-corrected chi connectivity index (χ0v) is 16.5. The van der Waals surface area contributed by atoms with Crippen LogP contribution in [-0.4, -0.2) is 43.1 Å². The number of hydrogen-bond donors (Lipinski definition) is 2. The molecule has 1 saturated heterocycles. The molecule has 145 valence electrons. The second-order valence-corrected chi connectivity index (χ2v) is 7.32. The third-order valence-corrected chi connectivity index (χ3v) is 5.60. The fraction of sp³-hybridized carbons (Fsp3) is 0.455. The Labute approximate surface area is 166 Å². The summed E-state index contributed by atoms with van der Waals surface area (Å²) in [6.45, 7) is 1.16. The minimum atomic E-state index is 0.0838. The third kappa shape index (κ3) is 4.40. The standard InChI is InChI=1S/C22H27ClNO3/c1-27-21-11-10-16(6-5-13-25)14-19(21)18-8-4-9-20(22(18)23)24-12-3-2-7-17(24)15-26/h4,8,10-11,14,17,25-26H,2-3,5-7,12-13,15H2,1H3. The van der Waals surface area contributed by atoms with Gasteiger partial charge in [-0.15, -0.1) is 0 Å². The molecule has 0 spiro atoms. The monoisotopic (exact) mass is 388 g/mol. The van der Waals surface area contributed by atoms with E-state index in [9.17, 15) is 5.11 Å². The van der Waals surface area contributed by atoms with Crippen LogP contribution in [0.4, 0.5) is 5.69 Å². The Kier molecular flexibility index (Phi) is 7.00. The van der Waals surface area contributed by atoms with Crippen molar-refractivity contribution < 1.29 is 14.9 Å². The zero-order chi connectivity index (χ0) is 19.2. The molecule has 1 radical (unpaired) electrons. The van der Waals surface area contributed by atoms with Crippen LogP contribution in [-0.2, 0) is 6.42 Å². The summed E-state index contributed by atoms with van der Waals surface area (Å²) < 4.78 is 5.57. The quantitative estimate of drug-likeness (QED) is 0.750. The van der Waals surface area contributed by atoms with E-state index in [1.54, 1.807) is 7.11 Å². The molecule has 0 saturated carbocycles. The van der Waals surface area contributed by atoms with E-state index in [1.165, 1.54) is 0 Å². The number of piperidine rings is 1. The van der Waals surface area contributed by atoms with Crippen LogP contribution in [0.25, 0.3) is 11.1 Å². The second kappa shape index (κ2) is 9.45. The van der Waals surface area contributed by atoms with Crippen LogP contribution in [0.1, 0.15) is 31.2 Å². The molecule has 27 heavy (non-hydrogen) atoms. The molecule has 1 aliphatic heterocycles. The molecule has 0 aromatic heterocycles. The molecule has 2 aromatic carbocycles. The van der Waals surface area contributed by atoms with E-state index in [-0.39, 0.29) is 19.3 Å². The van der Waals surface area contributed by atoms with Crippen LogP contribution >= 0.6 is 11.6 Å². The molecule has 2 N–H and O–H groups in total. The van der Waals surface area contributed by atoms with Gasteiger partial charge in [0.15, 0.2) is 0 Å². The van der Waals surface area contributed by atoms with E-state index in [0.717, 1.165) is 66.8 Å². The first-order valence-electron chi connectivity index (χ1n) is 9.55. The van der Waals surface area contributed by atoms with Gasteiger partial charge in [0.25, 0.3) is 0 Å². The lowest BCUT2D eigenvalue weighted by molar-refractivity contribution is 0.240. The van der Waals surface area contributed by atoms with Crippen molar-refractivity contribution in [3.8, 4) is 16.9 Å². The maximum atomic E-state index is 9.76. The highest BCUT2D eigenvalue weighted by Gasteiger charge is 2.25. The Bertz CT molecular complexity index is 765. The smallest absolute Gasteiger partial charge is 0.126 e. The van der Waals surface area contributed by atoms with Crippen LogP contribution in [0.15, 0.2) is 30.3 Å². The summed E-state index contributed by atoms with van der Waals surface area (Å²) in [4.78, 5) is 2.18. The average Bonchev–Trinajstić information content (AvgIpc) is 2.72. The molecule has 0 aliphatic carbocycles. The summed E-state index contributed by atoms with van der Waals surface area (Å²) in [5, 5.41) is 19.5. The van der Waals surface area contributed by atoms with Crippen LogP contribution in [0, 0.1) is 6.07 Å². The van der Waals surface area contributed by atoms with Crippen molar-refractivity contribution >= 4 is 17.3 Å². The number of aliphatic hydroxyl groups excluding tert-OH is 2. The molecule has 2 aromatic rings. The average molecular weight is 389 g/mol. The SMILES string of the molecule is COc1ccc(CCCO)cc1-c1cc[c]c(N2CCCCC2CO)c1Cl. The molecule has 0 amide bonds. The number of rotatable bonds is 7. The maximum absolute atomic E-state index is 9.76. The summed E-state index contributed by atoms with van der Waals surface area (Å²) in [7, 11) is 1.66. The zero-order valence-electron chi connectivity index (χ0n) is 15.7. The number of hydrogen-bond acceptors (Lipinski definition) is 4. The number of anilines is 1. The van der Waals surface area contributed by atoms with Crippen molar-refractivity contribution in [1.29, 1.82) is 0 Å². The van der Waals surface area contributed by atoms with Crippen molar-refractivity contribution in [2.75, 3.05) is 31.8 Å². The Hall–Kier alpha value is -1.75. The molecule has 1 unspecified atom stereocenters. The van der Waals surface area contributed by atoms with Crippen molar-refractivity contribution in [2.24, 2.45) is 0 Å². The number of halogens is 1.